The molecule has 3 aromatic rings. The Hall–Kier alpha value is -2.47. The monoisotopic (exact) mass is 303 g/mol. The SMILES string of the molecule is Nc1ccc(-c2nnnn2Cc2ccccc2F)cc1Cl. The van der Waals surface area contributed by atoms with Crippen LogP contribution in [0.3, 0.4) is 0 Å². The van der Waals surface area contributed by atoms with Crippen LogP contribution in [0.1, 0.15) is 5.56 Å². The Kier molecular flexibility index (Phi) is 3.53. The van der Waals surface area contributed by atoms with Gasteiger partial charge in [0.05, 0.1) is 17.3 Å². The summed E-state index contributed by atoms with van der Waals surface area (Å²) in [6.07, 6.45) is 0. The maximum atomic E-state index is 13.7. The van der Waals surface area contributed by atoms with E-state index in [2.05, 4.69) is 15.5 Å². The number of nitrogens with two attached hydrogens (primary N) is 1. The van der Waals surface area contributed by atoms with E-state index < -0.39 is 0 Å². The minimum Gasteiger partial charge on any atom is -0.398 e. The second-order valence-electron chi connectivity index (χ2n) is 4.49. The standard InChI is InChI=1S/C14H11ClFN5/c15-11-7-9(5-6-13(11)17)14-18-19-20-21(14)8-10-3-1-2-4-12(10)16/h1-7H,8,17H2. The molecule has 0 aliphatic carbocycles. The zero-order valence-corrected chi connectivity index (χ0v) is 11.6. The fraction of sp³-hybridized carbons (Fsp3) is 0.0714. The van der Waals surface area contributed by atoms with Gasteiger partial charge < -0.3 is 5.73 Å². The maximum absolute atomic E-state index is 13.7. The first-order chi connectivity index (χ1) is 10.1. The molecule has 0 saturated heterocycles. The summed E-state index contributed by atoms with van der Waals surface area (Å²) in [7, 11) is 0. The zero-order valence-electron chi connectivity index (χ0n) is 10.9. The van der Waals surface area contributed by atoms with E-state index in [1.54, 1.807) is 36.4 Å². The van der Waals surface area contributed by atoms with Crippen molar-refractivity contribution in [1.82, 2.24) is 20.2 Å². The van der Waals surface area contributed by atoms with Gasteiger partial charge in [-0.25, -0.2) is 9.07 Å². The van der Waals surface area contributed by atoms with Gasteiger partial charge in [-0.2, -0.15) is 0 Å². The van der Waals surface area contributed by atoms with Crippen molar-refractivity contribution < 1.29 is 4.39 Å². The van der Waals surface area contributed by atoms with E-state index in [1.165, 1.54) is 10.7 Å². The highest BCUT2D eigenvalue weighted by atomic mass is 35.5. The van der Waals surface area contributed by atoms with Gasteiger partial charge >= 0.3 is 0 Å². The molecule has 5 nitrogen and oxygen atoms in total. The molecule has 2 aromatic carbocycles. The summed E-state index contributed by atoms with van der Waals surface area (Å²) in [5.41, 5.74) is 7.39. The number of nitrogen functional groups attached to an aromatic ring is 1. The Morgan fingerprint density at radius 3 is 2.76 bits per heavy atom. The van der Waals surface area contributed by atoms with Crippen LogP contribution in [-0.2, 0) is 6.54 Å². The summed E-state index contributed by atoms with van der Waals surface area (Å²) >= 11 is 6.01. The van der Waals surface area contributed by atoms with Crippen LogP contribution in [0.2, 0.25) is 5.02 Å². The van der Waals surface area contributed by atoms with E-state index in [1.807, 2.05) is 0 Å². The van der Waals surface area contributed by atoms with E-state index in [4.69, 9.17) is 17.3 Å². The quantitative estimate of drug-likeness (QED) is 0.755. The number of hydrogen-bond acceptors (Lipinski definition) is 4. The minimum absolute atomic E-state index is 0.233. The molecule has 0 aliphatic rings. The van der Waals surface area contributed by atoms with E-state index in [0.717, 1.165) is 5.56 Å². The van der Waals surface area contributed by atoms with Crippen LogP contribution in [0, 0.1) is 5.82 Å². The van der Waals surface area contributed by atoms with Crippen molar-refractivity contribution in [3.8, 4) is 11.4 Å². The van der Waals surface area contributed by atoms with E-state index in [9.17, 15) is 4.39 Å². The highest BCUT2D eigenvalue weighted by molar-refractivity contribution is 6.33. The Labute approximate surface area is 125 Å². The summed E-state index contributed by atoms with van der Waals surface area (Å²) in [6.45, 7) is 0.233. The Bertz CT molecular complexity index is 787. The number of aromatic nitrogens is 4. The van der Waals surface area contributed by atoms with Crippen LogP contribution < -0.4 is 5.73 Å². The second kappa shape index (κ2) is 5.49. The topological polar surface area (TPSA) is 69.6 Å². The first-order valence-electron chi connectivity index (χ1n) is 6.20. The predicted octanol–water partition coefficient (Wildman–Crippen LogP) is 2.76. The highest BCUT2D eigenvalue weighted by Crippen LogP contribution is 2.25. The second-order valence-corrected chi connectivity index (χ2v) is 4.90. The molecular weight excluding hydrogens is 293 g/mol. The van der Waals surface area contributed by atoms with Gasteiger partial charge in [-0.05, 0) is 34.7 Å². The van der Waals surface area contributed by atoms with Crippen LogP contribution in [0.4, 0.5) is 10.1 Å². The van der Waals surface area contributed by atoms with Gasteiger partial charge in [0.25, 0.3) is 0 Å². The molecule has 0 amide bonds. The van der Waals surface area contributed by atoms with Crippen molar-refractivity contribution in [3.05, 3.63) is 58.9 Å². The average Bonchev–Trinajstić information content (AvgIpc) is 2.93. The van der Waals surface area contributed by atoms with Crippen molar-refractivity contribution in [3.63, 3.8) is 0 Å². The summed E-state index contributed by atoms with van der Waals surface area (Å²) in [5.74, 6) is 0.203. The lowest BCUT2D eigenvalue weighted by Crippen LogP contribution is -2.06. The molecule has 0 unspecified atom stereocenters. The first-order valence-corrected chi connectivity index (χ1v) is 6.58. The molecular formula is C14H11ClFN5. The number of halogens is 2. The molecule has 1 aromatic heterocycles. The average molecular weight is 304 g/mol. The smallest absolute Gasteiger partial charge is 0.182 e. The molecule has 7 heteroatoms. The lowest BCUT2D eigenvalue weighted by molar-refractivity contribution is 0.579. The third-order valence-electron chi connectivity index (χ3n) is 3.07. The largest absolute Gasteiger partial charge is 0.398 e. The molecule has 0 saturated carbocycles. The summed E-state index contributed by atoms with van der Waals surface area (Å²) in [5, 5.41) is 11.9. The minimum atomic E-state index is -0.297. The van der Waals surface area contributed by atoms with Gasteiger partial charge in [0.2, 0.25) is 0 Å². The summed E-state index contributed by atoms with van der Waals surface area (Å²) < 4.78 is 15.2. The van der Waals surface area contributed by atoms with Gasteiger partial charge in [-0.15, -0.1) is 5.10 Å². The van der Waals surface area contributed by atoms with E-state index in [-0.39, 0.29) is 12.4 Å². The van der Waals surface area contributed by atoms with E-state index in [0.29, 0.717) is 22.1 Å². The van der Waals surface area contributed by atoms with Crippen molar-refractivity contribution in [2.75, 3.05) is 5.73 Å². The molecule has 0 atom stereocenters. The Morgan fingerprint density at radius 1 is 1.19 bits per heavy atom. The fourth-order valence-electron chi connectivity index (χ4n) is 1.97. The number of hydrogen-bond donors (Lipinski definition) is 1. The van der Waals surface area contributed by atoms with Crippen LogP contribution >= 0.6 is 11.6 Å². The summed E-state index contributed by atoms with van der Waals surface area (Å²) in [4.78, 5) is 0. The number of nitrogens with zero attached hydrogens (tertiary/aromatic N) is 4. The maximum Gasteiger partial charge on any atom is 0.182 e. The normalized spacial score (nSPS) is 10.8. The molecule has 3 rings (SSSR count). The van der Waals surface area contributed by atoms with Crippen LogP contribution in [0.15, 0.2) is 42.5 Å². The summed E-state index contributed by atoms with van der Waals surface area (Å²) in [6, 6.07) is 11.6. The lowest BCUT2D eigenvalue weighted by Gasteiger charge is -2.07. The molecule has 0 bridgehead atoms. The molecule has 2 N–H and O–H groups in total. The molecule has 0 radical (unpaired) electrons. The Balaban J connectivity index is 1.97. The third-order valence-corrected chi connectivity index (χ3v) is 3.40. The molecule has 106 valence electrons. The highest BCUT2D eigenvalue weighted by Gasteiger charge is 2.12. The van der Waals surface area contributed by atoms with Gasteiger partial charge in [0.1, 0.15) is 5.82 Å². The number of benzene rings is 2. The van der Waals surface area contributed by atoms with Crippen molar-refractivity contribution in [1.29, 1.82) is 0 Å². The first kappa shape index (κ1) is 13.5. The Morgan fingerprint density at radius 2 is 2.00 bits per heavy atom. The van der Waals surface area contributed by atoms with Crippen molar-refractivity contribution >= 4 is 17.3 Å². The number of tetrazole rings is 1. The van der Waals surface area contributed by atoms with Gasteiger partial charge in [0.15, 0.2) is 5.82 Å². The number of rotatable bonds is 3. The third kappa shape index (κ3) is 2.71. The number of anilines is 1. The molecule has 1 heterocycles. The van der Waals surface area contributed by atoms with E-state index >= 15 is 0 Å². The predicted molar refractivity (Wildman–Crippen MR) is 78.2 cm³/mol. The molecule has 0 spiro atoms. The van der Waals surface area contributed by atoms with Gasteiger partial charge in [-0.1, -0.05) is 29.8 Å². The zero-order chi connectivity index (χ0) is 14.8. The van der Waals surface area contributed by atoms with Gasteiger partial charge in [-0.3, -0.25) is 0 Å². The van der Waals surface area contributed by atoms with Crippen LogP contribution in [0.5, 0.6) is 0 Å². The molecule has 0 aliphatic heterocycles. The molecule has 0 fully saturated rings. The lowest BCUT2D eigenvalue weighted by atomic mass is 10.2. The fourth-order valence-corrected chi connectivity index (χ4v) is 2.15. The van der Waals surface area contributed by atoms with Crippen molar-refractivity contribution in [2.24, 2.45) is 0 Å². The van der Waals surface area contributed by atoms with Crippen LogP contribution in [0.25, 0.3) is 11.4 Å². The van der Waals surface area contributed by atoms with Crippen molar-refractivity contribution in [2.45, 2.75) is 6.54 Å². The van der Waals surface area contributed by atoms with Gasteiger partial charge in [0, 0.05) is 11.1 Å². The molecule has 21 heavy (non-hydrogen) atoms. The van der Waals surface area contributed by atoms with Crippen LogP contribution in [-0.4, -0.2) is 20.2 Å².